The minimum Gasteiger partial charge on any atom is -0.390 e. The first-order chi connectivity index (χ1) is 6.99. The molecule has 8 nitrogen and oxygen atoms in total. The van der Waals surface area contributed by atoms with Gasteiger partial charge in [0.25, 0.3) is 0 Å². The average molecular weight is 219 g/mol. The number of rotatable bonds is 1. The Morgan fingerprint density at radius 3 is 2.53 bits per heavy atom. The third kappa shape index (κ3) is 3.70. The molecule has 1 heterocycles. The molecule has 0 radical (unpaired) electrons. The summed E-state index contributed by atoms with van der Waals surface area (Å²) >= 11 is 0. The Bertz CT molecular complexity index is 259. The van der Waals surface area contributed by atoms with Crippen molar-refractivity contribution in [3.63, 3.8) is 0 Å². The largest absolute Gasteiger partial charge is 0.390 e. The SMILES string of the molecule is NC(=O)NC(=O)NC1C[C@H](O)[C@H](O)CO1. The highest BCUT2D eigenvalue weighted by atomic mass is 16.5. The number of urea groups is 2. The van der Waals surface area contributed by atoms with Gasteiger partial charge in [0.1, 0.15) is 12.3 Å². The van der Waals surface area contributed by atoms with Crippen LogP contribution in [0.25, 0.3) is 0 Å². The quantitative estimate of drug-likeness (QED) is 0.342. The summed E-state index contributed by atoms with van der Waals surface area (Å²) in [5.74, 6) is 0. The monoisotopic (exact) mass is 219 g/mol. The van der Waals surface area contributed by atoms with E-state index >= 15 is 0 Å². The van der Waals surface area contributed by atoms with Gasteiger partial charge in [0, 0.05) is 6.42 Å². The lowest BCUT2D eigenvalue weighted by Crippen LogP contribution is -2.52. The molecule has 1 aliphatic rings. The molecule has 1 unspecified atom stereocenters. The van der Waals surface area contributed by atoms with Crippen molar-refractivity contribution in [1.82, 2.24) is 10.6 Å². The zero-order chi connectivity index (χ0) is 11.4. The fourth-order valence-corrected chi connectivity index (χ4v) is 1.17. The third-order valence-corrected chi connectivity index (χ3v) is 1.90. The fraction of sp³-hybridized carbons (Fsp3) is 0.714. The lowest BCUT2D eigenvalue weighted by Gasteiger charge is -2.30. The molecule has 0 aliphatic carbocycles. The van der Waals surface area contributed by atoms with E-state index in [-0.39, 0.29) is 13.0 Å². The fourth-order valence-electron chi connectivity index (χ4n) is 1.17. The van der Waals surface area contributed by atoms with Crippen LogP contribution in [0, 0.1) is 0 Å². The Morgan fingerprint density at radius 2 is 2.00 bits per heavy atom. The number of amides is 4. The molecule has 4 amide bonds. The van der Waals surface area contributed by atoms with Crippen molar-refractivity contribution in [2.75, 3.05) is 6.61 Å². The summed E-state index contributed by atoms with van der Waals surface area (Å²) in [5.41, 5.74) is 4.71. The first kappa shape index (κ1) is 11.7. The standard InChI is InChI=1S/C7H13N3O5/c8-6(13)10-7(14)9-5-1-3(11)4(12)2-15-5/h3-5,11-12H,1-2H2,(H4,8,9,10,13,14)/t3-,4+,5?/m0/s1. The Labute approximate surface area is 85.4 Å². The van der Waals surface area contributed by atoms with E-state index in [9.17, 15) is 14.7 Å². The van der Waals surface area contributed by atoms with Crippen LogP contribution in [0.2, 0.25) is 0 Å². The molecule has 0 aromatic heterocycles. The summed E-state index contributed by atoms with van der Waals surface area (Å²) in [6.07, 6.45) is -2.62. The number of aliphatic hydroxyl groups excluding tert-OH is 2. The molecule has 6 N–H and O–H groups in total. The van der Waals surface area contributed by atoms with Gasteiger partial charge in [0.2, 0.25) is 0 Å². The molecular formula is C7H13N3O5. The van der Waals surface area contributed by atoms with Crippen LogP contribution in [0.5, 0.6) is 0 Å². The minimum atomic E-state index is -0.983. The van der Waals surface area contributed by atoms with E-state index in [0.29, 0.717) is 0 Å². The molecule has 1 aliphatic heterocycles. The van der Waals surface area contributed by atoms with E-state index in [2.05, 4.69) is 5.32 Å². The number of hydrogen-bond donors (Lipinski definition) is 5. The molecule has 0 aromatic rings. The highest BCUT2D eigenvalue weighted by molar-refractivity contribution is 5.92. The number of primary amides is 1. The first-order valence-corrected chi connectivity index (χ1v) is 4.33. The van der Waals surface area contributed by atoms with E-state index in [1.165, 1.54) is 0 Å². The van der Waals surface area contributed by atoms with Crippen molar-refractivity contribution < 1.29 is 24.5 Å². The molecule has 0 bridgehead atoms. The molecule has 0 spiro atoms. The van der Waals surface area contributed by atoms with E-state index < -0.39 is 30.5 Å². The van der Waals surface area contributed by atoms with Gasteiger partial charge in [0.15, 0.2) is 0 Å². The van der Waals surface area contributed by atoms with E-state index in [1.807, 2.05) is 0 Å². The van der Waals surface area contributed by atoms with Crippen molar-refractivity contribution in [3.05, 3.63) is 0 Å². The lowest BCUT2D eigenvalue weighted by atomic mass is 10.1. The van der Waals surface area contributed by atoms with Crippen LogP contribution in [0.1, 0.15) is 6.42 Å². The Balaban J connectivity index is 2.33. The maximum atomic E-state index is 11.0. The van der Waals surface area contributed by atoms with Crippen molar-refractivity contribution in [2.45, 2.75) is 24.9 Å². The van der Waals surface area contributed by atoms with Crippen LogP contribution >= 0.6 is 0 Å². The second kappa shape index (κ2) is 4.91. The third-order valence-electron chi connectivity index (χ3n) is 1.90. The number of imide groups is 1. The Morgan fingerprint density at radius 1 is 1.33 bits per heavy atom. The van der Waals surface area contributed by atoms with Crippen LogP contribution in [-0.2, 0) is 4.74 Å². The van der Waals surface area contributed by atoms with Crippen molar-refractivity contribution in [3.8, 4) is 0 Å². The number of carbonyl (C=O) groups excluding carboxylic acids is 2. The Hall–Kier alpha value is -1.38. The summed E-state index contributed by atoms with van der Waals surface area (Å²) < 4.78 is 4.98. The van der Waals surface area contributed by atoms with Crippen molar-refractivity contribution in [2.24, 2.45) is 5.73 Å². The number of aliphatic hydroxyl groups is 2. The molecule has 0 aromatic carbocycles. The molecular weight excluding hydrogens is 206 g/mol. The van der Waals surface area contributed by atoms with Gasteiger partial charge >= 0.3 is 12.1 Å². The zero-order valence-electron chi connectivity index (χ0n) is 7.84. The zero-order valence-corrected chi connectivity index (χ0v) is 7.84. The van der Waals surface area contributed by atoms with E-state index in [1.54, 1.807) is 5.32 Å². The second-order valence-electron chi connectivity index (χ2n) is 3.16. The predicted molar refractivity (Wildman–Crippen MR) is 47.6 cm³/mol. The number of ether oxygens (including phenoxy) is 1. The molecule has 1 fully saturated rings. The van der Waals surface area contributed by atoms with E-state index in [0.717, 1.165) is 0 Å². The number of carbonyl (C=O) groups is 2. The van der Waals surface area contributed by atoms with Crippen LogP contribution < -0.4 is 16.4 Å². The molecule has 1 rings (SSSR count). The smallest absolute Gasteiger partial charge is 0.324 e. The summed E-state index contributed by atoms with van der Waals surface area (Å²) in [6, 6.07) is -1.79. The molecule has 8 heteroatoms. The maximum absolute atomic E-state index is 11.0. The maximum Gasteiger partial charge on any atom is 0.324 e. The summed E-state index contributed by atoms with van der Waals surface area (Å²) in [5, 5.41) is 22.4. The number of nitrogens with two attached hydrogens (primary N) is 1. The Kier molecular flexibility index (Phi) is 3.83. The predicted octanol–water partition coefficient (Wildman–Crippen LogP) is -2.17. The van der Waals surface area contributed by atoms with Crippen LogP contribution in [-0.4, -0.2) is 47.3 Å². The first-order valence-electron chi connectivity index (χ1n) is 4.33. The average Bonchev–Trinajstić information content (AvgIpc) is 2.10. The van der Waals surface area contributed by atoms with Crippen molar-refractivity contribution in [1.29, 1.82) is 0 Å². The van der Waals surface area contributed by atoms with Gasteiger partial charge < -0.3 is 26.0 Å². The number of nitrogens with one attached hydrogen (secondary N) is 2. The van der Waals surface area contributed by atoms with Gasteiger partial charge in [-0.2, -0.15) is 0 Å². The molecule has 0 saturated carbocycles. The van der Waals surface area contributed by atoms with Gasteiger partial charge in [-0.15, -0.1) is 0 Å². The highest BCUT2D eigenvalue weighted by Crippen LogP contribution is 2.12. The minimum absolute atomic E-state index is 0.0490. The number of hydrogen-bond acceptors (Lipinski definition) is 5. The van der Waals surface area contributed by atoms with Crippen LogP contribution in [0.3, 0.4) is 0 Å². The van der Waals surface area contributed by atoms with Gasteiger partial charge in [0.05, 0.1) is 12.7 Å². The van der Waals surface area contributed by atoms with Crippen LogP contribution in [0.4, 0.5) is 9.59 Å². The van der Waals surface area contributed by atoms with Crippen LogP contribution in [0.15, 0.2) is 0 Å². The van der Waals surface area contributed by atoms with E-state index in [4.69, 9.17) is 15.6 Å². The molecule has 1 saturated heterocycles. The summed E-state index contributed by atoms with van der Waals surface area (Å²) in [6.45, 7) is -0.0807. The van der Waals surface area contributed by atoms with Crippen molar-refractivity contribution >= 4 is 12.1 Å². The normalized spacial score (nSPS) is 30.7. The molecule has 15 heavy (non-hydrogen) atoms. The topological polar surface area (TPSA) is 134 Å². The highest BCUT2D eigenvalue weighted by Gasteiger charge is 2.29. The van der Waals surface area contributed by atoms with Gasteiger partial charge in [-0.05, 0) is 0 Å². The molecule has 3 atom stereocenters. The van der Waals surface area contributed by atoms with Gasteiger partial charge in [-0.25, -0.2) is 9.59 Å². The lowest BCUT2D eigenvalue weighted by molar-refractivity contribution is -0.125. The van der Waals surface area contributed by atoms with Gasteiger partial charge in [-0.1, -0.05) is 0 Å². The summed E-state index contributed by atoms with van der Waals surface area (Å²) in [4.78, 5) is 21.3. The molecule has 86 valence electrons. The van der Waals surface area contributed by atoms with Gasteiger partial charge in [-0.3, -0.25) is 5.32 Å². The summed E-state index contributed by atoms with van der Waals surface area (Å²) in [7, 11) is 0. The second-order valence-corrected chi connectivity index (χ2v) is 3.16.